The third-order valence-corrected chi connectivity index (χ3v) is 2.30. The van der Waals surface area contributed by atoms with Gasteiger partial charge in [0.1, 0.15) is 5.75 Å². The van der Waals surface area contributed by atoms with Gasteiger partial charge in [0.2, 0.25) is 0 Å². The van der Waals surface area contributed by atoms with Crippen LogP contribution in [0.5, 0.6) is 5.75 Å². The van der Waals surface area contributed by atoms with Crippen molar-refractivity contribution in [2.45, 2.75) is 12.7 Å². The predicted molar refractivity (Wildman–Crippen MR) is 58.2 cm³/mol. The monoisotopic (exact) mass is 224 g/mol. The molecule has 0 bridgehead atoms. The third-order valence-electron chi connectivity index (χ3n) is 2.30. The SMILES string of the molecule is COCOc1cccc(C2OCCCO2)c1. The maximum atomic E-state index is 5.51. The number of ether oxygens (including phenoxy) is 4. The summed E-state index contributed by atoms with van der Waals surface area (Å²) in [5.41, 5.74) is 0.980. The Morgan fingerprint density at radius 1 is 1.31 bits per heavy atom. The van der Waals surface area contributed by atoms with Gasteiger partial charge in [0.05, 0.1) is 13.2 Å². The Balaban J connectivity index is 2.02. The fraction of sp³-hybridized carbons (Fsp3) is 0.500. The minimum absolute atomic E-state index is 0.246. The van der Waals surface area contributed by atoms with Gasteiger partial charge in [0.25, 0.3) is 0 Å². The summed E-state index contributed by atoms with van der Waals surface area (Å²) in [6, 6.07) is 7.68. The standard InChI is InChI=1S/C12H16O4/c1-13-9-16-11-5-2-4-10(8-11)12-14-6-3-7-15-12/h2,4-5,8,12H,3,6-7,9H2,1H3. The molecule has 0 atom stereocenters. The highest BCUT2D eigenvalue weighted by molar-refractivity contribution is 5.29. The Bertz CT molecular complexity index is 321. The van der Waals surface area contributed by atoms with E-state index < -0.39 is 0 Å². The van der Waals surface area contributed by atoms with Crippen molar-refractivity contribution in [1.29, 1.82) is 0 Å². The molecule has 0 radical (unpaired) electrons. The Hall–Kier alpha value is -1.10. The van der Waals surface area contributed by atoms with E-state index in [0.717, 1.165) is 30.9 Å². The largest absolute Gasteiger partial charge is 0.468 e. The van der Waals surface area contributed by atoms with Crippen molar-refractivity contribution < 1.29 is 18.9 Å². The molecular weight excluding hydrogens is 208 g/mol. The van der Waals surface area contributed by atoms with Crippen LogP contribution in [0.15, 0.2) is 24.3 Å². The van der Waals surface area contributed by atoms with Crippen molar-refractivity contribution in [2.75, 3.05) is 27.1 Å². The molecule has 0 aromatic heterocycles. The van der Waals surface area contributed by atoms with Gasteiger partial charge in [-0.2, -0.15) is 0 Å². The zero-order chi connectivity index (χ0) is 11.2. The van der Waals surface area contributed by atoms with Crippen LogP contribution in [-0.4, -0.2) is 27.1 Å². The second-order valence-corrected chi connectivity index (χ2v) is 3.55. The maximum Gasteiger partial charge on any atom is 0.188 e. The Morgan fingerprint density at radius 3 is 2.88 bits per heavy atom. The first-order chi connectivity index (χ1) is 7.90. The highest BCUT2D eigenvalue weighted by Crippen LogP contribution is 2.25. The van der Waals surface area contributed by atoms with Gasteiger partial charge in [-0.15, -0.1) is 0 Å². The van der Waals surface area contributed by atoms with E-state index in [9.17, 15) is 0 Å². The minimum Gasteiger partial charge on any atom is -0.468 e. The van der Waals surface area contributed by atoms with Crippen molar-refractivity contribution in [3.05, 3.63) is 29.8 Å². The van der Waals surface area contributed by atoms with Crippen LogP contribution >= 0.6 is 0 Å². The Morgan fingerprint density at radius 2 is 2.12 bits per heavy atom. The summed E-state index contributed by atoms with van der Waals surface area (Å²) in [7, 11) is 1.59. The van der Waals surface area contributed by atoms with Crippen LogP contribution in [0.4, 0.5) is 0 Å². The normalized spacial score (nSPS) is 17.3. The summed E-state index contributed by atoms with van der Waals surface area (Å²) in [5.74, 6) is 0.761. The van der Waals surface area contributed by atoms with Crippen LogP contribution in [0.1, 0.15) is 18.3 Å². The van der Waals surface area contributed by atoms with E-state index >= 15 is 0 Å². The van der Waals surface area contributed by atoms with Crippen molar-refractivity contribution in [3.63, 3.8) is 0 Å². The molecule has 1 heterocycles. The van der Waals surface area contributed by atoms with Crippen LogP contribution in [0.3, 0.4) is 0 Å². The minimum atomic E-state index is -0.264. The lowest BCUT2D eigenvalue weighted by molar-refractivity contribution is -0.183. The highest BCUT2D eigenvalue weighted by atomic mass is 16.7. The molecule has 0 N–H and O–H groups in total. The number of benzene rings is 1. The Labute approximate surface area is 95.1 Å². The lowest BCUT2D eigenvalue weighted by atomic mass is 10.2. The molecule has 16 heavy (non-hydrogen) atoms. The van der Waals surface area contributed by atoms with Gasteiger partial charge >= 0.3 is 0 Å². The van der Waals surface area contributed by atoms with Crippen molar-refractivity contribution in [2.24, 2.45) is 0 Å². The molecule has 0 aliphatic carbocycles. The van der Waals surface area contributed by atoms with E-state index in [4.69, 9.17) is 18.9 Å². The lowest BCUT2D eigenvalue weighted by Crippen LogP contribution is -2.17. The molecule has 1 aromatic rings. The van der Waals surface area contributed by atoms with Gasteiger partial charge < -0.3 is 18.9 Å². The van der Waals surface area contributed by atoms with E-state index in [1.807, 2.05) is 24.3 Å². The first-order valence-electron chi connectivity index (χ1n) is 5.35. The van der Waals surface area contributed by atoms with Gasteiger partial charge in [0, 0.05) is 12.7 Å². The van der Waals surface area contributed by atoms with Gasteiger partial charge in [-0.1, -0.05) is 12.1 Å². The summed E-state index contributed by atoms with van der Waals surface area (Å²) >= 11 is 0. The molecule has 1 fully saturated rings. The lowest BCUT2D eigenvalue weighted by Gasteiger charge is -2.23. The van der Waals surface area contributed by atoms with E-state index in [2.05, 4.69) is 0 Å². The van der Waals surface area contributed by atoms with E-state index in [1.165, 1.54) is 0 Å². The summed E-state index contributed by atoms with van der Waals surface area (Å²) in [6.07, 6.45) is 0.691. The maximum absolute atomic E-state index is 5.51. The quantitative estimate of drug-likeness (QED) is 0.734. The highest BCUT2D eigenvalue weighted by Gasteiger charge is 2.16. The third kappa shape index (κ3) is 2.95. The molecule has 0 spiro atoms. The molecule has 2 rings (SSSR count). The summed E-state index contributed by atoms with van der Waals surface area (Å²) in [6.45, 7) is 1.73. The number of hydrogen-bond acceptors (Lipinski definition) is 4. The molecule has 1 aliphatic heterocycles. The molecule has 0 unspecified atom stereocenters. The summed E-state index contributed by atoms with van der Waals surface area (Å²) in [4.78, 5) is 0. The summed E-state index contributed by atoms with van der Waals surface area (Å²) in [5, 5.41) is 0. The van der Waals surface area contributed by atoms with E-state index in [1.54, 1.807) is 7.11 Å². The number of rotatable bonds is 4. The molecule has 4 nitrogen and oxygen atoms in total. The average Bonchev–Trinajstić information content (AvgIpc) is 2.38. The van der Waals surface area contributed by atoms with Gasteiger partial charge in [0.15, 0.2) is 13.1 Å². The van der Waals surface area contributed by atoms with Crippen molar-refractivity contribution in [3.8, 4) is 5.75 Å². The zero-order valence-corrected chi connectivity index (χ0v) is 9.35. The van der Waals surface area contributed by atoms with Crippen LogP contribution in [-0.2, 0) is 14.2 Å². The number of methoxy groups -OCH3 is 1. The molecule has 0 amide bonds. The molecular formula is C12H16O4. The second-order valence-electron chi connectivity index (χ2n) is 3.55. The number of hydrogen-bond donors (Lipinski definition) is 0. The van der Waals surface area contributed by atoms with Crippen LogP contribution in [0, 0.1) is 0 Å². The molecule has 4 heteroatoms. The van der Waals surface area contributed by atoms with Crippen molar-refractivity contribution >= 4 is 0 Å². The van der Waals surface area contributed by atoms with Crippen LogP contribution < -0.4 is 4.74 Å². The molecule has 1 saturated heterocycles. The predicted octanol–water partition coefficient (Wildman–Crippen LogP) is 2.10. The van der Waals surface area contributed by atoms with Gasteiger partial charge in [-0.3, -0.25) is 0 Å². The Kier molecular flexibility index (Phi) is 4.16. The first-order valence-corrected chi connectivity index (χ1v) is 5.35. The zero-order valence-electron chi connectivity index (χ0n) is 9.35. The van der Waals surface area contributed by atoms with Crippen LogP contribution in [0.25, 0.3) is 0 Å². The first kappa shape index (κ1) is 11.4. The van der Waals surface area contributed by atoms with E-state index in [0.29, 0.717) is 0 Å². The van der Waals surface area contributed by atoms with Gasteiger partial charge in [-0.25, -0.2) is 0 Å². The fourth-order valence-corrected chi connectivity index (χ4v) is 1.56. The summed E-state index contributed by atoms with van der Waals surface area (Å²) < 4.78 is 21.2. The average molecular weight is 224 g/mol. The van der Waals surface area contributed by atoms with E-state index in [-0.39, 0.29) is 13.1 Å². The smallest absolute Gasteiger partial charge is 0.188 e. The molecule has 88 valence electrons. The van der Waals surface area contributed by atoms with Gasteiger partial charge in [-0.05, 0) is 18.6 Å². The van der Waals surface area contributed by atoms with Crippen LogP contribution in [0.2, 0.25) is 0 Å². The van der Waals surface area contributed by atoms with Crippen molar-refractivity contribution in [1.82, 2.24) is 0 Å². The fourth-order valence-electron chi connectivity index (χ4n) is 1.56. The second kappa shape index (κ2) is 5.84. The molecule has 1 aromatic carbocycles. The molecule has 1 aliphatic rings. The topological polar surface area (TPSA) is 36.9 Å². The molecule has 0 saturated carbocycles.